The van der Waals surface area contributed by atoms with E-state index in [1.165, 1.54) is 0 Å². The van der Waals surface area contributed by atoms with Gasteiger partial charge in [-0.25, -0.2) is 4.79 Å². The highest BCUT2D eigenvalue weighted by Crippen LogP contribution is 2.17. The fraction of sp³-hybridized carbons (Fsp3) is 0.333. The fourth-order valence-electron chi connectivity index (χ4n) is 1.66. The molecule has 0 aliphatic carbocycles. The Morgan fingerprint density at radius 2 is 2.33 bits per heavy atom. The van der Waals surface area contributed by atoms with E-state index in [4.69, 9.17) is 9.47 Å². The van der Waals surface area contributed by atoms with Gasteiger partial charge >= 0.3 is 6.09 Å². The van der Waals surface area contributed by atoms with E-state index in [0.717, 1.165) is 0 Å². The number of amides is 2. The number of carbonyl (C=O) groups is 2. The van der Waals surface area contributed by atoms with Crippen LogP contribution in [0.1, 0.15) is 6.42 Å². The average molecular weight is 250 g/mol. The highest BCUT2D eigenvalue weighted by atomic mass is 16.6. The molecule has 1 heterocycles. The van der Waals surface area contributed by atoms with Crippen molar-refractivity contribution in [2.75, 3.05) is 19.0 Å². The molecule has 1 aromatic carbocycles. The number of nitrogens with one attached hydrogen (secondary N) is 2. The van der Waals surface area contributed by atoms with Crippen molar-refractivity contribution in [3.63, 3.8) is 0 Å². The average Bonchev–Trinajstić information content (AvgIpc) is 2.74. The highest BCUT2D eigenvalue weighted by molar-refractivity contribution is 5.86. The summed E-state index contributed by atoms with van der Waals surface area (Å²) in [5, 5.41) is 5.17. The quantitative estimate of drug-likeness (QED) is 0.843. The van der Waals surface area contributed by atoms with Crippen molar-refractivity contribution in [2.24, 2.45) is 0 Å². The van der Waals surface area contributed by atoms with Gasteiger partial charge in [0.2, 0.25) is 5.91 Å². The van der Waals surface area contributed by atoms with Crippen molar-refractivity contribution >= 4 is 17.7 Å². The van der Waals surface area contributed by atoms with Gasteiger partial charge in [-0.2, -0.15) is 0 Å². The maximum absolute atomic E-state index is 11.6. The third-order valence-corrected chi connectivity index (χ3v) is 2.53. The molecule has 1 aliphatic rings. The van der Waals surface area contributed by atoms with Gasteiger partial charge in [0.15, 0.2) is 0 Å². The lowest BCUT2D eigenvalue weighted by molar-refractivity contribution is -0.119. The lowest BCUT2D eigenvalue weighted by Crippen LogP contribution is -2.24. The molecule has 1 fully saturated rings. The van der Waals surface area contributed by atoms with E-state index in [2.05, 4.69) is 10.6 Å². The van der Waals surface area contributed by atoms with Gasteiger partial charge in [-0.3, -0.25) is 10.1 Å². The molecule has 1 atom stereocenters. The standard InChI is InChI=1S/C12H14N2O4/c1-17-9-4-2-3-8(5-9)14-12(16)18-10-6-11(15)13-7-10/h2-5,10H,6-7H2,1H3,(H,13,15)(H,14,16). The number of hydrogen-bond acceptors (Lipinski definition) is 4. The van der Waals surface area contributed by atoms with Crippen LogP contribution in [-0.2, 0) is 9.53 Å². The van der Waals surface area contributed by atoms with Gasteiger partial charge in [0.25, 0.3) is 0 Å². The Bertz CT molecular complexity index is 461. The predicted octanol–water partition coefficient (Wildman–Crippen LogP) is 1.13. The summed E-state index contributed by atoms with van der Waals surface area (Å²) < 4.78 is 10.1. The first-order valence-electron chi connectivity index (χ1n) is 5.56. The summed E-state index contributed by atoms with van der Waals surface area (Å²) in [7, 11) is 1.55. The Kier molecular flexibility index (Phi) is 3.66. The summed E-state index contributed by atoms with van der Waals surface area (Å²) in [6.45, 7) is 0.365. The molecule has 1 aliphatic heterocycles. The van der Waals surface area contributed by atoms with E-state index in [0.29, 0.717) is 18.0 Å². The van der Waals surface area contributed by atoms with Gasteiger partial charge < -0.3 is 14.8 Å². The molecular formula is C12H14N2O4. The highest BCUT2D eigenvalue weighted by Gasteiger charge is 2.24. The first-order valence-corrected chi connectivity index (χ1v) is 5.56. The minimum absolute atomic E-state index is 0.103. The molecule has 2 rings (SSSR count). The molecule has 0 aromatic heterocycles. The molecule has 0 radical (unpaired) electrons. The van der Waals surface area contributed by atoms with Crippen molar-refractivity contribution in [1.82, 2.24) is 5.32 Å². The first-order chi connectivity index (χ1) is 8.67. The number of benzene rings is 1. The Hall–Kier alpha value is -2.24. The molecule has 0 spiro atoms. The number of hydrogen-bond donors (Lipinski definition) is 2. The smallest absolute Gasteiger partial charge is 0.411 e. The number of carbonyl (C=O) groups excluding carboxylic acids is 2. The second kappa shape index (κ2) is 5.39. The van der Waals surface area contributed by atoms with Crippen LogP contribution in [-0.4, -0.2) is 31.8 Å². The minimum atomic E-state index is -0.579. The molecule has 18 heavy (non-hydrogen) atoms. The molecule has 96 valence electrons. The van der Waals surface area contributed by atoms with Crippen LogP contribution >= 0.6 is 0 Å². The zero-order chi connectivity index (χ0) is 13.0. The second-order valence-corrected chi connectivity index (χ2v) is 3.89. The molecule has 1 aromatic rings. The summed E-state index contributed by atoms with van der Waals surface area (Å²) in [6, 6.07) is 6.94. The third kappa shape index (κ3) is 3.13. The summed E-state index contributed by atoms with van der Waals surface area (Å²) in [6.07, 6.45) is -0.765. The third-order valence-electron chi connectivity index (χ3n) is 2.53. The van der Waals surface area contributed by atoms with Crippen molar-refractivity contribution in [3.05, 3.63) is 24.3 Å². The number of ether oxygens (including phenoxy) is 2. The second-order valence-electron chi connectivity index (χ2n) is 3.89. The van der Waals surface area contributed by atoms with Gasteiger partial charge in [0.05, 0.1) is 20.1 Å². The normalized spacial score (nSPS) is 18.1. The monoisotopic (exact) mass is 250 g/mol. The summed E-state index contributed by atoms with van der Waals surface area (Å²) >= 11 is 0. The minimum Gasteiger partial charge on any atom is -0.497 e. The zero-order valence-corrected chi connectivity index (χ0v) is 9.93. The molecule has 1 unspecified atom stereocenters. The molecule has 6 heteroatoms. The van der Waals surface area contributed by atoms with Crippen LogP contribution in [0.3, 0.4) is 0 Å². The Balaban J connectivity index is 1.88. The Morgan fingerprint density at radius 3 is 3.00 bits per heavy atom. The molecule has 1 saturated heterocycles. The van der Waals surface area contributed by atoms with E-state index in [-0.39, 0.29) is 12.3 Å². The molecule has 2 N–H and O–H groups in total. The van der Waals surface area contributed by atoms with Gasteiger partial charge in [0, 0.05) is 11.8 Å². The van der Waals surface area contributed by atoms with E-state index >= 15 is 0 Å². The van der Waals surface area contributed by atoms with Gasteiger partial charge in [-0.1, -0.05) is 6.07 Å². The van der Waals surface area contributed by atoms with Crippen molar-refractivity contribution < 1.29 is 19.1 Å². The number of rotatable bonds is 3. The maximum Gasteiger partial charge on any atom is 0.411 e. The lowest BCUT2D eigenvalue weighted by atomic mass is 10.3. The largest absolute Gasteiger partial charge is 0.497 e. The lowest BCUT2D eigenvalue weighted by Gasteiger charge is -2.11. The van der Waals surface area contributed by atoms with Gasteiger partial charge in [-0.15, -0.1) is 0 Å². The van der Waals surface area contributed by atoms with E-state index in [9.17, 15) is 9.59 Å². The van der Waals surface area contributed by atoms with Crippen molar-refractivity contribution in [3.8, 4) is 5.75 Å². The fourth-order valence-corrected chi connectivity index (χ4v) is 1.66. The SMILES string of the molecule is COc1cccc(NC(=O)OC2CNC(=O)C2)c1. The van der Waals surface area contributed by atoms with Gasteiger partial charge in [0.1, 0.15) is 11.9 Å². The molecule has 2 amide bonds. The van der Waals surface area contributed by atoms with E-state index in [1.54, 1.807) is 31.4 Å². The Morgan fingerprint density at radius 1 is 1.50 bits per heavy atom. The van der Waals surface area contributed by atoms with E-state index in [1.807, 2.05) is 0 Å². The zero-order valence-electron chi connectivity index (χ0n) is 9.93. The van der Waals surface area contributed by atoms with Crippen LogP contribution in [0.25, 0.3) is 0 Å². The van der Waals surface area contributed by atoms with Gasteiger partial charge in [-0.05, 0) is 12.1 Å². The van der Waals surface area contributed by atoms with Crippen LogP contribution < -0.4 is 15.4 Å². The van der Waals surface area contributed by atoms with Crippen LogP contribution in [0, 0.1) is 0 Å². The topological polar surface area (TPSA) is 76.7 Å². The van der Waals surface area contributed by atoms with Crippen molar-refractivity contribution in [1.29, 1.82) is 0 Å². The first kappa shape index (κ1) is 12.2. The molecule has 0 bridgehead atoms. The van der Waals surface area contributed by atoms with E-state index < -0.39 is 12.2 Å². The van der Waals surface area contributed by atoms with Crippen LogP contribution in [0.4, 0.5) is 10.5 Å². The van der Waals surface area contributed by atoms with Crippen LogP contribution in [0.5, 0.6) is 5.75 Å². The summed E-state index contributed by atoms with van der Waals surface area (Å²) in [5.41, 5.74) is 0.580. The molecule has 6 nitrogen and oxygen atoms in total. The Labute approximate surface area is 104 Å². The summed E-state index contributed by atoms with van der Waals surface area (Å²) in [4.78, 5) is 22.5. The van der Waals surface area contributed by atoms with Crippen LogP contribution in [0.15, 0.2) is 24.3 Å². The maximum atomic E-state index is 11.6. The number of anilines is 1. The van der Waals surface area contributed by atoms with Crippen molar-refractivity contribution in [2.45, 2.75) is 12.5 Å². The number of methoxy groups -OCH3 is 1. The molecule has 0 saturated carbocycles. The van der Waals surface area contributed by atoms with Crippen LogP contribution in [0.2, 0.25) is 0 Å². The molecular weight excluding hydrogens is 236 g/mol. The summed E-state index contributed by atoms with van der Waals surface area (Å²) in [5.74, 6) is 0.541. The predicted molar refractivity (Wildman–Crippen MR) is 64.5 cm³/mol.